The van der Waals surface area contributed by atoms with E-state index in [0.717, 1.165) is 45.2 Å². The molecule has 3 heteroatoms. The van der Waals surface area contributed by atoms with Gasteiger partial charge in [0, 0.05) is 24.5 Å². The quantitative estimate of drug-likeness (QED) is 0.793. The lowest BCUT2D eigenvalue weighted by molar-refractivity contribution is -0.150. The first-order valence-electron chi connectivity index (χ1n) is 11.8. The molecule has 1 spiro atoms. The Balaban J connectivity index is 1.49. The molecule has 0 radical (unpaired) electrons. The normalized spacial score (nSPS) is 42.8. The van der Waals surface area contributed by atoms with Gasteiger partial charge in [-0.3, -0.25) is 4.79 Å². The maximum Gasteiger partial charge on any atom is 0.228 e. The van der Waals surface area contributed by atoms with Crippen LogP contribution >= 0.6 is 0 Å². The first-order chi connectivity index (χ1) is 13.7. The highest BCUT2D eigenvalue weighted by Crippen LogP contribution is 2.63. The average Bonchev–Trinajstić information content (AvgIpc) is 3.10. The van der Waals surface area contributed by atoms with Crippen LogP contribution in [0.2, 0.25) is 0 Å². The highest BCUT2D eigenvalue weighted by Gasteiger charge is 2.60. The molecular weight excluding hydrogens is 356 g/mol. The van der Waals surface area contributed by atoms with Gasteiger partial charge in [0.2, 0.25) is 5.91 Å². The molecule has 2 bridgehead atoms. The van der Waals surface area contributed by atoms with Crippen LogP contribution in [0.15, 0.2) is 30.3 Å². The summed E-state index contributed by atoms with van der Waals surface area (Å²) in [7, 11) is 0. The second-order valence-electron chi connectivity index (χ2n) is 11.9. The first-order valence-corrected chi connectivity index (χ1v) is 11.8. The molecule has 4 aliphatic rings. The number of benzene rings is 1. The summed E-state index contributed by atoms with van der Waals surface area (Å²) in [6.07, 6.45) is 9.00. The summed E-state index contributed by atoms with van der Waals surface area (Å²) in [5.74, 6) is 1.09. The van der Waals surface area contributed by atoms with Crippen molar-refractivity contribution in [2.24, 2.45) is 27.9 Å². The third-order valence-corrected chi connectivity index (χ3v) is 9.14. The molecule has 1 aromatic rings. The third kappa shape index (κ3) is 3.07. The van der Waals surface area contributed by atoms with E-state index in [1.54, 1.807) is 0 Å². The van der Waals surface area contributed by atoms with Crippen molar-refractivity contribution in [1.82, 2.24) is 4.90 Å². The Morgan fingerprint density at radius 2 is 1.83 bits per heavy atom. The maximum absolute atomic E-state index is 14.0. The van der Waals surface area contributed by atoms with E-state index in [-0.39, 0.29) is 16.2 Å². The van der Waals surface area contributed by atoms with E-state index in [0.29, 0.717) is 23.3 Å². The summed E-state index contributed by atoms with van der Waals surface area (Å²) in [5.41, 5.74) is 8.25. The van der Waals surface area contributed by atoms with Crippen molar-refractivity contribution in [1.29, 1.82) is 0 Å². The maximum atomic E-state index is 14.0. The van der Waals surface area contributed by atoms with Gasteiger partial charge in [-0.2, -0.15) is 0 Å². The molecular formula is C26H38N2O. The van der Waals surface area contributed by atoms with Crippen LogP contribution in [-0.4, -0.2) is 29.9 Å². The van der Waals surface area contributed by atoms with Gasteiger partial charge < -0.3 is 10.6 Å². The molecule has 1 aliphatic heterocycles. The molecule has 1 aromatic carbocycles. The van der Waals surface area contributed by atoms with Gasteiger partial charge in [0.05, 0.1) is 5.41 Å². The van der Waals surface area contributed by atoms with Crippen LogP contribution in [0.5, 0.6) is 0 Å². The fraction of sp³-hybridized carbons (Fsp3) is 0.731. The van der Waals surface area contributed by atoms with Gasteiger partial charge >= 0.3 is 0 Å². The topological polar surface area (TPSA) is 46.3 Å². The zero-order chi connectivity index (χ0) is 20.5. The fourth-order valence-electron chi connectivity index (χ4n) is 7.97. The van der Waals surface area contributed by atoms with Gasteiger partial charge in [0.1, 0.15) is 0 Å². The standard InChI is InChI=1S/C26H38N2O/c1-4-24(22(29)28-11-10-25(18-28)15-21(25)27)13-19-12-23(2,3)16-26(14-19,17-24)20-8-6-5-7-9-20/h5-9,19,21H,4,10-18,27H2,1-3H3. The Labute approximate surface area is 176 Å². The number of fused-ring (bicyclic) bond motifs is 2. The first kappa shape index (κ1) is 19.6. The second-order valence-corrected chi connectivity index (χ2v) is 11.9. The van der Waals surface area contributed by atoms with Gasteiger partial charge in [0.15, 0.2) is 0 Å². The smallest absolute Gasteiger partial charge is 0.228 e. The van der Waals surface area contributed by atoms with Crippen LogP contribution in [0.3, 0.4) is 0 Å². The number of carbonyl (C=O) groups is 1. The number of likely N-dealkylation sites (tertiary alicyclic amines) is 1. The SMILES string of the molecule is CCC1(C(=O)N2CCC3(CC3N)C2)CC2CC(C)(C)CC(c3ccccc3)(C2)C1. The lowest BCUT2D eigenvalue weighted by atomic mass is 9.46. The minimum Gasteiger partial charge on any atom is -0.342 e. The van der Waals surface area contributed by atoms with Crippen molar-refractivity contribution >= 4 is 5.91 Å². The predicted molar refractivity (Wildman–Crippen MR) is 117 cm³/mol. The highest BCUT2D eigenvalue weighted by atomic mass is 16.2. The minimum atomic E-state index is -0.195. The molecule has 2 N–H and O–H groups in total. The monoisotopic (exact) mass is 394 g/mol. The van der Waals surface area contributed by atoms with Gasteiger partial charge in [-0.15, -0.1) is 0 Å². The van der Waals surface area contributed by atoms with Crippen molar-refractivity contribution < 1.29 is 4.79 Å². The lowest BCUT2D eigenvalue weighted by Gasteiger charge is -2.58. The average molecular weight is 395 g/mol. The van der Waals surface area contributed by atoms with Gasteiger partial charge in [0.25, 0.3) is 0 Å². The second kappa shape index (κ2) is 6.33. The molecule has 5 atom stereocenters. The van der Waals surface area contributed by atoms with Crippen LogP contribution in [0.4, 0.5) is 0 Å². The van der Waals surface area contributed by atoms with E-state index in [1.807, 2.05) is 0 Å². The molecule has 5 rings (SSSR count). The number of nitrogens with zero attached hydrogens (tertiary/aromatic N) is 1. The largest absolute Gasteiger partial charge is 0.342 e. The van der Waals surface area contributed by atoms with Crippen LogP contribution in [0, 0.1) is 22.2 Å². The van der Waals surface area contributed by atoms with E-state index in [1.165, 1.54) is 24.8 Å². The molecule has 1 amide bonds. The van der Waals surface area contributed by atoms with Crippen molar-refractivity contribution in [3.05, 3.63) is 35.9 Å². The molecule has 1 saturated heterocycles. The van der Waals surface area contributed by atoms with E-state index >= 15 is 0 Å². The van der Waals surface area contributed by atoms with Crippen LogP contribution < -0.4 is 5.73 Å². The van der Waals surface area contributed by atoms with E-state index in [4.69, 9.17) is 5.73 Å². The van der Waals surface area contributed by atoms with Crippen molar-refractivity contribution in [3.8, 4) is 0 Å². The molecule has 0 aromatic heterocycles. The Morgan fingerprint density at radius 3 is 2.45 bits per heavy atom. The van der Waals surface area contributed by atoms with E-state index < -0.39 is 0 Å². The molecule has 3 aliphatic carbocycles. The summed E-state index contributed by atoms with van der Waals surface area (Å²) in [4.78, 5) is 16.2. The number of amides is 1. The van der Waals surface area contributed by atoms with Crippen LogP contribution in [-0.2, 0) is 10.2 Å². The number of nitrogens with two attached hydrogens (primary N) is 1. The molecule has 3 nitrogen and oxygen atoms in total. The number of carbonyl (C=O) groups excluding carboxylic acids is 1. The Hall–Kier alpha value is -1.35. The third-order valence-electron chi connectivity index (χ3n) is 9.14. The van der Waals surface area contributed by atoms with Crippen LogP contribution in [0.1, 0.15) is 77.7 Å². The Bertz CT molecular complexity index is 804. The summed E-state index contributed by atoms with van der Waals surface area (Å²) >= 11 is 0. The molecule has 1 heterocycles. The fourth-order valence-corrected chi connectivity index (χ4v) is 7.97. The summed E-state index contributed by atoms with van der Waals surface area (Å²) in [6.45, 7) is 8.97. The zero-order valence-corrected chi connectivity index (χ0v) is 18.5. The van der Waals surface area contributed by atoms with Gasteiger partial charge in [-0.25, -0.2) is 0 Å². The van der Waals surface area contributed by atoms with Crippen LogP contribution in [0.25, 0.3) is 0 Å². The predicted octanol–water partition coefficient (Wildman–Crippen LogP) is 4.89. The Kier molecular flexibility index (Phi) is 4.28. The summed E-state index contributed by atoms with van der Waals surface area (Å²) in [6, 6.07) is 11.5. The summed E-state index contributed by atoms with van der Waals surface area (Å²) in [5, 5.41) is 0. The summed E-state index contributed by atoms with van der Waals surface area (Å²) < 4.78 is 0. The van der Waals surface area contributed by atoms with Crippen molar-refractivity contribution in [2.75, 3.05) is 13.1 Å². The van der Waals surface area contributed by atoms with Gasteiger partial charge in [-0.1, -0.05) is 51.1 Å². The zero-order valence-electron chi connectivity index (χ0n) is 18.5. The van der Waals surface area contributed by atoms with E-state index in [9.17, 15) is 4.79 Å². The van der Waals surface area contributed by atoms with Crippen molar-refractivity contribution in [2.45, 2.75) is 83.6 Å². The minimum absolute atomic E-state index is 0.144. The molecule has 29 heavy (non-hydrogen) atoms. The van der Waals surface area contributed by atoms with Crippen molar-refractivity contribution in [3.63, 3.8) is 0 Å². The lowest BCUT2D eigenvalue weighted by Crippen LogP contribution is -2.55. The molecule has 4 fully saturated rings. The number of rotatable bonds is 3. The molecule has 3 saturated carbocycles. The number of hydrogen-bond donors (Lipinski definition) is 1. The highest BCUT2D eigenvalue weighted by molar-refractivity contribution is 5.83. The van der Waals surface area contributed by atoms with Gasteiger partial charge in [-0.05, 0) is 73.7 Å². The molecule has 5 unspecified atom stereocenters. The number of hydrogen-bond acceptors (Lipinski definition) is 2. The Morgan fingerprint density at radius 1 is 1.10 bits per heavy atom. The van der Waals surface area contributed by atoms with E-state index in [2.05, 4.69) is 56.0 Å². The molecule has 158 valence electrons.